The van der Waals surface area contributed by atoms with Crippen LogP contribution in [0.15, 0.2) is 6.20 Å². The van der Waals surface area contributed by atoms with Crippen molar-refractivity contribution in [2.75, 3.05) is 26.3 Å². The van der Waals surface area contributed by atoms with Gasteiger partial charge in [0.15, 0.2) is 0 Å². The maximum Gasteiger partial charge on any atom is 0.0897 e. The predicted molar refractivity (Wildman–Crippen MR) is 70.1 cm³/mol. The molecule has 0 amide bonds. The second-order valence-corrected chi connectivity index (χ2v) is 6.08. The van der Waals surface area contributed by atoms with Gasteiger partial charge in [0.25, 0.3) is 0 Å². The van der Waals surface area contributed by atoms with Crippen molar-refractivity contribution in [1.82, 2.24) is 10.3 Å². The lowest BCUT2D eigenvalue weighted by Gasteiger charge is -2.36. The summed E-state index contributed by atoms with van der Waals surface area (Å²) in [7, 11) is 0. The summed E-state index contributed by atoms with van der Waals surface area (Å²) in [6.45, 7) is 6.34. The van der Waals surface area contributed by atoms with E-state index in [0.717, 1.165) is 50.7 Å². The lowest BCUT2D eigenvalue weighted by Crippen LogP contribution is -2.44. The highest BCUT2D eigenvalue weighted by molar-refractivity contribution is 7.11. The molecule has 0 aromatic carbocycles. The Hall–Kier alpha value is -0.490. The van der Waals surface area contributed by atoms with Gasteiger partial charge in [-0.15, -0.1) is 11.3 Å². The van der Waals surface area contributed by atoms with Gasteiger partial charge in [0.1, 0.15) is 0 Å². The Kier molecular flexibility index (Phi) is 4.50. The van der Waals surface area contributed by atoms with Gasteiger partial charge in [-0.1, -0.05) is 0 Å². The van der Waals surface area contributed by atoms with Crippen LogP contribution < -0.4 is 11.1 Å². The molecule has 0 spiro atoms. The Morgan fingerprint density at radius 2 is 2.29 bits per heavy atom. The molecule has 2 rings (SSSR count). The number of hydrogen-bond acceptors (Lipinski definition) is 5. The van der Waals surface area contributed by atoms with Gasteiger partial charge in [-0.3, -0.25) is 0 Å². The Morgan fingerprint density at radius 3 is 2.88 bits per heavy atom. The third-order valence-electron chi connectivity index (χ3n) is 3.45. The monoisotopic (exact) mass is 255 g/mol. The van der Waals surface area contributed by atoms with Crippen LogP contribution in [-0.2, 0) is 11.3 Å². The fourth-order valence-corrected chi connectivity index (χ4v) is 2.96. The quantitative estimate of drug-likeness (QED) is 0.832. The third kappa shape index (κ3) is 3.48. The molecule has 1 aliphatic heterocycles. The third-order valence-corrected chi connectivity index (χ3v) is 4.37. The fraction of sp³-hybridized carbons (Fsp3) is 0.750. The average Bonchev–Trinajstić information content (AvgIpc) is 2.76. The van der Waals surface area contributed by atoms with Gasteiger partial charge in [-0.25, -0.2) is 4.98 Å². The van der Waals surface area contributed by atoms with Crippen molar-refractivity contribution in [1.29, 1.82) is 0 Å². The van der Waals surface area contributed by atoms with E-state index in [2.05, 4.69) is 10.3 Å². The van der Waals surface area contributed by atoms with Gasteiger partial charge < -0.3 is 15.8 Å². The van der Waals surface area contributed by atoms with Crippen LogP contribution in [0.1, 0.15) is 22.7 Å². The number of aryl methyl sites for hydroxylation is 1. The number of aromatic nitrogens is 1. The number of nitrogens with two attached hydrogens (primary N) is 1. The minimum absolute atomic E-state index is 0.234. The first kappa shape index (κ1) is 13.0. The molecule has 1 aromatic heterocycles. The summed E-state index contributed by atoms with van der Waals surface area (Å²) < 4.78 is 5.40. The highest BCUT2D eigenvalue weighted by atomic mass is 32.1. The summed E-state index contributed by atoms with van der Waals surface area (Å²) in [5.41, 5.74) is 6.15. The smallest absolute Gasteiger partial charge is 0.0897 e. The molecule has 0 unspecified atom stereocenters. The summed E-state index contributed by atoms with van der Waals surface area (Å²) in [4.78, 5) is 5.55. The first-order valence-electron chi connectivity index (χ1n) is 6.14. The molecule has 0 saturated carbocycles. The second kappa shape index (κ2) is 5.91. The molecule has 0 aliphatic carbocycles. The van der Waals surface area contributed by atoms with Crippen LogP contribution in [0.5, 0.6) is 0 Å². The molecule has 1 saturated heterocycles. The van der Waals surface area contributed by atoms with Gasteiger partial charge in [-0.2, -0.15) is 0 Å². The zero-order valence-electron chi connectivity index (χ0n) is 10.4. The predicted octanol–water partition coefficient (Wildman–Crippen LogP) is 1.30. The Labute approximate surface area is 107 Å². The van der Waals surface area contributed by atoms with Crippen LogP contribution in [0.3, 0.4) is 0 Å². The summed E-state index contributed by atoms with van der Waals surface area (Å²) in [5, 5.41) is 4.64. The van der Waals surface area contributed by atoms with Gasteiger partial charge in [0.2, 0.25) is 0 Å². The molecule has 0 bridgehead atoms. The molecule has 0 atom stereocenters. The number of ether oxygens (including phenoxy) is 1. The van der Waals surface area contributed by atoms with E-state index in [1.54, 1.807) is 11.3 Å². The van der Waals surface area contributed by atoms with Gasteiger partial charge in [-0.05, 0) is 31.7 Å². The minimum atomic E-state index is 0.234. The van der Waals surface area contributed by atoms with E-state index in [0.29, 0.717) is 0 Å². The molecule has 96 valence electrons. The van der Waals surface area contributed by atoms with E-state index in [1.807, 2.05) is 13.1 Å². The van der Waals surface area contributed by atoms with E-state index in [-0.39, 0.29) is 5.41 Å². The molecule has 1 aliphatic rings. The van der Waals surface area contributed by atoms with Crippen molar-refractivity contribution < 1.29 is 4.74 Å². The number of hydrogen-bond donors (Lipinski definition) is 2. The van der Waals surface area contributed by atoms with Crippen LogP contribution in [-0.4, -0.2) is 31.3 Å². The van der Waals surface area contributed by atoms with Crippen LogP contribution in [0, 0.1) is 12.3 Å². The maximum atomic E-state index is 5.92. The van der Waals surface area contributed by atoms with E-state index in [1.165, 1.54) is 4.88 Å². The molecule has 1 fully saturated rings. The topological polar surface area (TPSA) is 60.2 Å². The van der Waals surface area contributed by atoms with Gasteiger partial charge in [0, 0.05) is 37.4 Å². The van der Waals surface area contributed by atoms with E-state index in [9.17, 15) is 0 Å². The van der Waals surface area contributed by atoms with Crippen LogP contribution in [0.4, 0.5) is 0 Å². The van der Waals surface area contributed by atoms with Gasteiger partial charge >= 0.3 is 0 Å². The summed E-state index contributed by atoms with van der Waals surface area (Å²) in [5.74, 6) is 0. The molecule has 2 heterocycles. The lowest BCUT2D eigenvalue weighted by molar-refractivity contribution is 0.0191. The number of thiazole rings is 1. The van der Waals surface area contributed by atoms with E-state index in [4.69, 9.17) is 10.5 Å². The molecule has 5 heteroatoms. The van der Waals surface area contributed by atoms with Crippen molar-refractivity contribution in [2.24, 2.45) is 11.1 Å². The summed E-state index contributed by atoms with van der Waals surface area (Å²) >= 11 is 1.75. The SMILES string of the molecule is Cc1ncc(CNCC2(CN)CCOCC2)s1. The Bertz CT molecular complexity index is 347. The highest BCUT2D eigenvalue weighted by Gasteiger charge is 2.30. The number of nitrogens with one attached hydrogen (secondary N) is 1. The molecule has 17 heavy (non-hydrogen) atoms. The van der Waals surface area contributed by atoms with Crippen molar-refractivity contribution in [2.45, 2.75) is 26.3 Å². The van der Waals surface area contributed by atoms with E-state index >= 15 is 0 Å². The van der Waals surface area contributed by atoms with E-state index < -0.39 is 0 Å². The van der Waals surface area contributed by atoms with Crippen molar-refractivity contribution in [3.05, 3.63) is 16.1 Å². The maximum absolute atomic E-state index is 5.92. The summed E-state index contributed by atoms with van der Waals surface area (Å²) in [6, 6.07) is 0. The fourth-order valence-electron chi connectivity index (χ4n) is 2.20. The van der Waals surface area contributed by atoms with Crippen LogP contribution in [0.25, 0.3) is 0 Å². The first-order valence-corrected chi connectivity index (χ1v) is 6.96. The summed E-state index contributed by atoms with van der Waals surface area (Å²) in [6.07, 6.45) is 4.09. The zero-order chi connectivity index (χ0) is 12.1. The molecular weight excluding hydrogens is 234 g/mol. The van der Waals surface area contributed by atoms with Crippen molar-refractivity contribution in [3.8, 4) is 0 Å². The van der Waals surface area contributed by atoms with Crippen molar-refractivity contribution >= 4 is 11.3 Å². The van der Waals surface area contributed by atoms with Crippen molar-refractivity contribution in [3.63, 3.8) is 0 Å². The highest BCUT2D eigenvalue weighted by Crippen LogP contribution is 2.28. The number of nitrogens with zero attached hydrogens (tertiary/aromatic N) is 1. The zero-order valence-corrected chi connectivity index (χ0v) is 11.2. The minimum Gasteiger partial charge on any atom is -0.381 e. The van der Waals surface area contributed by atoms with Crippen LogP contribution in [0.2, 0.25) is 0 Å². The van der Waals surface area contributed by atoms with Crippen LogP contribution >= 0.6 is 11.3 Å². The Balaban J connectivity index is 1.79. The molecule has 1 aromatic rings. The second-order valence-electron chi connectivity index (χ2n) is 4.77. The molecule has 0 radical (unpaired) electrons. The average molecular weight is 255 g/mol. The lowest BCUT2D eigenvalue weighted by atomic mass is 9.80. The standard InChI is InChI=1S/C12H21N3OS/c1-10-15-7-11(17-10)6-14-9-12(8-13)2-4-16-5-3-12/h7,14H,2-6,8-9,13H2,1H3. The normalized spacial score (nSPS) is 19.4. The largest absolute Gasteiger partial charge is 0.381 e. The molecule has 4 nitrogen and oxygen atoms in total. The van der Waals surface area contributed by atoms with Gasteiger partial charge in [0.05, 0.1) is 5.01 Å². The number of rotatable bonds is 5. The molecular formula is C12H21N3OS. The first-order chi connectivity index (χ1) is 8.24. The molecule has 3 N–H and O–H groups in total. The Morgan fingerprint density at radius 1 is 1.53 bits per heavy atom.